The van der Waals surface area contributed by atoms with Crippen molar-refractivity contribution in [2.24, 2.45) is 0 Å². The van der Waals surface area contributed by atoms with E-state index in [2.05, 4.69) is 15.3 Å². The summed E-state index contributed by atoms with van der Waals surface area (Å²) >= 11 is 0. The van der Waals surface area contributed by atoms with Gasteiger partial charge >= 0.3 is 0 Å². The second-order valence-electron chi connectivity index (χ2n) is 6.93. The first-order chi connectivity index (χ1) is 14.5. The second-order valence-corrected chi connectivity index (χ2v) is 6.93. The van der Waals surface area contributed by atoms with Gasteiger partial charge in [0.2, 0.25) is 0 Å². The van der Waals surface area contributed by atoms with Crippen molar-refractivity contribution in [1.82, 2.24) is 19.4 Å². The summed E-state index contributed by atoms with van der Waals surface area (Å²) in [5, 5.41) is 2.76. The summed E-state index contributed by atoms with van der Waals surface area (Å²) in [4.78, 5) is 37.0. The van der Waals surface area contributed by atoms with Crippen LogP contribution in [0.15, 0.2) is 54.9 Å². The normalized spacial score (nSPS) is 10.6. The van der Waals surface area contributed by atoms with Gasteiger partial charge in [0.05, 0.1) is 22.5 Å². The highest BCUT2D eigenvalue weighted by Crippen LogP contribution is 2.30. The summed E-state index contributed by atoms with van der Waals surface area (Å²) in [6, 6.07) is 12.5. The van der Waals surface area contributed by atoms with E-state index in [-0.39, 0.29) is 5.91 Å². The number of hydrogen-bond donors (Lipinski definition) is 1. The van der Waals surface area contributed by atoms with E-state index in [1.807, 2.05) is 36.3 Å². The van der Waals surface area contributed by atoms with Gasteiger partial charge in [-0.2, -0.15) is 0 Å². The molecular weight excluding hydrogens is 378 g/mol. The molecule has 0 bridgehead atoms. The van der Waals surface area contributed by atoms with Gasteiger partial charge in [0, 0.05) is 29.2 Å². The van der Waals surface area contributed by atoms with Crippen LogP contribution in [0, 0.1) is 13.8 Å². The Hall–Kier alpha value is -4.09. The predicted molar refractivity (Wildman–Crippen MR) is 115 cm³/mol. The van der Waals surface area contributed by atoms with E-state index in [0.717, 1.165) is 22.5 Å². The number of aromatic nitrogens is 4. The Morgan fingerprint density at radius 1 is 1.07 bits per heavy atom. The summed E-state index contributed by atoms with van der Waals surface area (Å²) in [6.45, 7) is 5.50. The molecule has 3 aromatic heterocycles. The van der Waals surface area contributed by atoms with Crippen molar-refractivity contribution >= 4 is 28.8 Å². The molecule has 1 N–H and O–H groups in total. The molecule has 0 spiro atoms. The molecule has 7 nitrogen and oxygen atoms in total. The van der Waals surface area contributed by atoms with Crippen LogP contribution in [0.3, 0.4) is 0 Å². The van der Waals surface area contributed by atoms with Crippen LogP contribution in [0.5, 0.6) is 0 Å². The van der Waals surface area contributed by atoms with Crippen molar-refractivity contribution < 1.29 is 9.59 Å². The molecule has 1 amide bonds. The molecule has 1 aromatic carbocycles. The Bertz CT molecular complexity index is 1300. The van der Waals surface area contributed by atoms with Crippen LogP contribution in [0.4, 0.5) is 5.82 Å². The first kappa shape index (κ1) is 19.2. The van der Waals surface area contributed by atoms with Crippen LogP contribution in [0.1, 0.15) is 34.5 Å². The predicted octanol–water partition coefficient (Wildman–Crippen LogP) is 3.90. The first-order valence-electron chi connectivity index (χ1n) is 9.39. The van der Waals surface area contributed by atoms with Crippen molar-refractivity contribution in [2.75, 3.05) is 5.32 Å². The van der Waals surface area contributed by atoms with E-state index in [0.29, 0.717) is 28.5 Å². The summed E-state index contributed by atoms with van der Waals surface area (Å²) in [7, 11) is 0. The quantitative estimate of drug-likeness (QED) is 0.528. The molecule has 7 heteroatoms. The van der Waals surface area contributed by atoms with Gasteiger partial charge in [-0.3, -0.25) is 14.2 Å². The third-order valence-electron chi connectivity index (χ3n) is 4.83. The lowest BCUT2D eigenvalue weighted by Gasteiger charge is -2.07. The lowest BCUT2D eigenvalue weighted by Crippen LogP contribution is -2.12. The van der Waals surface area contributed by atoms with Gasteiger partial charge in [-0.05, 0) is 45.0 Å². The number of rotatable bonds is 4. The van der Waals surface area contributed by atoms with Crippen molar-refractivity contribution in [3.63, 3.8) is 0 Å². The average Bonchev–Trinajstić information content (AvgIpc) is 3.18. The minimum Gasteiger partial charge on any atom is -0.307 e. The van der Waals surface area contributed by atoms with Crippen molar-refractivity contribution in [3.05, 3.63) is 77.6 Å². The number of pyridine rings is 1. The van der Waals surface area contributed by atoms with Gasteiger partial charge in [0.1, 0.15) is 11.8 Å². The molecule has 0 saturated heterocycles. The van der Waals surface area contributed by atoms with Crippen LogP contribution in [-0.4, -0.2) is 31.2 Å². The molecule has 3 heterocycles. The molecule has 4 aromatic rings. The monoisotopic (exact) mass is 397 g/mol. The minimum atomic E-state index is -0.246. The Morgan fingerprint density at radius 2 is 1.83 bits per heavy atom. The maximum atomic E-state index is 12.5. The van der Waals surface area contributed by atoms with Gasteiger partial charge in [-0.15, -0.1) is 0 Å². The molecule has 0 unspecified atom stereocenters. The van der Waals surface area contributed by atoms with E-state index in [1.54, 1.807) is 49.6 Å². The van der Waals surface area contributed by atoms with Gasteiger partial charge in [-0.25, -0.2) is 14.8 Å². The number of anilines is 1. The summed E-state index contributed by atoms with van der Waals surface area (Å²) in [5.74, 6) is 2.72. The van der Waals surface area contributed by atoms with Crippen molar-refractivity contribution in [2.45, 2.75) is 20.8 Å². The Labute approximate surface area is 173 Å². The number of carbonyl (C=O) groups excluding carboxylic acids is 2. The molecule has 0 aliphatic rings. The molecule has 0 atom stereocenters. The molecule has 0 aliphatic carbocycles. The van der Waals surface area contributed by atoms with E-state index in [9.17, 15) is 9.59 Å². The summed E-state index contributed by atoms with van der Waals surface area (Å²) in [5.41, 5.74) is 4.92. The molecule has 0 aliphatic heterocycles. The first-order valence-corrected chi connectivity index (χ1v) is 9.39. The number of fused-ring (bicyclic) bond motifs is 1. The Morgan fingerprint density at radius 3 is 2.50 bits per heavy atom. The molecule has 148 valence electrons. The molecule has 4 rings (SSSR count). The van der Waals surface area contributed by atoms with Crippen LogP contribution in [-0.2, 0) is 4.79 Å². The molecule has 0 saturated carbocycles. The average molecular weight is 397 g/mol. The van der Waals surface area contributed by atoms with Crippen molar-refractivity contribution in [3.8, 4) is 11.3 Å². The van der Waals surface area contributed by atoms with E-state index in [4.69, 9.17) is 4.98 Å². The minimum absolute atomic E-state index is 0.246. The van der Waals surface area contributed by atoms with Crippen LogP contribution >= 0.6 is 0 Å². The topological polar surface area (TPSA) is 89.2 Å². The summed E-state index contributed by atoms with van der Waals surface area (Å²) < 4.78 is 1.92. The smallest absolute Gasteiger partial charge is 0.256 e. The van der Waals surface area contributed by atoms with Gasteiger partial charge in [-0.1, -0.05) is 18.2 Å². The van der Waals surface area contributed by atoms with Gasteiger partial charge in [0.25, 0.3) is 5.91 Å². The SMILES string of the molecule is CC(=C=O)c1nc(-c2ccc(C(=O)Nc3ccccn3)cc2)c2c(C)ncc(C)n12. The third-order valence-corrected chi connectivity index (χ3v) is 4.83. The number of aryl methyl sites for hydroxylation is 2. The number of imidazole rings is 1. The zero-order chi connectivity index (χ0) is 21.3. The maximum Gasteiger partial charge on any atom is 0.256 e. The van der Waals surface area contributed by atoms with Crippen LogP contribution < -0.4 is 5.32 Å². The molecular formula is C23H19N5O2. The highest BCUT2D eigenvalue weighted by molar-refractivity contribution is 6.04. The highest BCUT2D eigenvalue weighted by Gasteiger charge is 2.19. The maximum absolute atomic E-state index is 12.5. The van der Waals surface area contributed by atoms with E-state index < -0.39 is 0 Å². The molecule has 0 fully saturated rings. The largest absolute Gasteiger partial charge is 0.307 e. The second kappa shape index (κ2) is 7.73. The highest BCUT2D eigenvalue weighted by atomic mass is 16.1. The fourth-order valence-electron chi connectivity index (χ4n) is 3.31. The Balaban J connectivity index is 1.75. The number of benzene rings is 1. The van der Waals surface area contributed by atoms with E-state index >= 15 is 0 Å². The van der Waals surface area contributed by atoms with Gasteiger partial charge in [0.15, 0.2) is 5.82 Å². The zero-order valence-electron chi connectivity index (χ0n) is 16.8. The zero-order valence-corrected chi connectivity index (χ0v) is 16.8. The van der Waals surface area contributed by atoms with Crippen LogP contribution in [0.2, 0.25) is 0 Å². The fourth-order valence-corrected chi connectivity index (χ4v) is 3.31. The molecule has 0 radical (unpaired) electrons. The number of hydrogen-bond acceptors (Lipinski definition) is 5. The number of amides is 1. The van der Waals surface area contributed by atoms with Crippen LogP contribution in [0.25, 0.3) is 22.3 Å². The lowest BCUT2D eigenvalue weighted by atomic mass is 10.1. The van der Waals surface area contributed by atoms with Gasteiger partial charge < -0.3 is 5.32 Å². The third kappa shape index (κ3) is 3.38. The fraction of sp³-hybridized carbons (Fsp3) is 0.130. The number of allylic oxidation sites excluding steroid dienone is 1. The number of nitrogens with one attached hydrogen (secondary N) is 1. The Kier molecular flexibility index (Phi) is 4.96. The standard InChI is InChI=1S/C23H19N5O2/c1-14(13-29)22-27-20(21-16(3)25-12-15(2)28(21)22)17-7-9-18(10-8-17)23(30)26-19-6-4-5-11-24-19/h4-12H,1-3H3,(H,24,26,30). The van der Waals surface area contributed by atoms with Crippen molar-refractivity contribution in [1.29, 1.82) is 0 Å². The van der Waals surface area contributed by atoms with E-state index in [1.165, 1.54) is 0 Å². The number of carbonyl (C=O) groups is 1. The molecule has 30 heavy (non-hydrogen) atoms. The number of nitrogens with zero attached hydrogens (tertiary/aromatic N) is 4. The lowest BCUT2D eigenvalue weighted by molar-refractivity contribution is 0.102. The summed E-state index contributed by atoms with van der Waals surface area (Å²) in [6.07, 6.45) is 3.37.